The third-order valence-corrected chi connectivity index (χ3v) is 4.02. The maximum atomic E-state index is 11.4. The second-order valence-electron chi connectivity index (χ2n) is 5.65. The molecular formula is C18H21N3O. The Labute approximate surface area is 130 Å². The van der Waals surface area contributed by atoms with Gasteiger partial charge in [0.25, 0.3) is 0 Å². The lowest BCUT2D eigenvalue weighted by atomic mass is 10.1. The van der Waals surface area contributed by atoms with Crippen molar-refractivity contribution in [2.75, 3.05) is 6.54 Å². The van der Waals surface area contributed by atoms with E-state index in [-0.39, 0.29) is 5.91 Å². The van der Waals surface area contributed by atoms with Crippen LogP contribution in [0.25, 0.3) is 21.9 Å². The molecule has 0 saturated carbocycles. The third kappa shape index (κ3) is 2.45. The molecule has 0 unspecified atom stereocenters. The fourth-order valence-electron chi connectivity index (χ4n) is 3.04. The molecule has 0 aliphatic rings. The molecule has 2 aromatic heterocycles. The van der Waals surface area contributed by atoms with Crippen LogP contribution in [0.4, 0.5) is 0 Å². The lowest BCUT2D eigenvalue weighted by Crippen LogP contribution is -2.26. The minimum atomic E-state index is 0.0843. The van der Waals surface area contributed by atoms with Crippen molar-refractivity contribution in [2.45, 2.75) is 33.7 Å². The predicted molar refractivity (Wildman–Crippen MR) is 90.0 cm³/mol. The highest BCUT2D eigenvalue weighted by molar-refractivity contribution is 6.08. The summed E-state index contributed by atoms with van der Waals surface area (Å²) in [5, 5.41) is 5.38. The van der Waals surface area contributed by atoms with E-state index in [9.17, 15) is 4.79 Å². The molecule has 0 bridgehead atoms. The van der Waals surface area contributed by atoms with Crippen LogP contribution in [0.15, 0.2) is 30.3 Å². The van der Waals surface area contributed by atoms with Gasteiger partial charge in [-0.2, -0.15) is 0 Å². The number of benzene rings is 1. The Morgan fingerprint density at radius 2 is 2.05 bits per heavy atom. The van der Waals surface area contributed by atoms with E-state index in [1.54, 1.807) is 0 Å². The molecule has 0 atom stereocenters. The summed E-state index contributed by atoms with van der Waals surface area (Å²) in [6.07, 6.45) is 0.518. The number of para-hydroxylation sites is 1. The van der Waals surface area contributed by atoms with E-state index in [1.165, 1.54) is 21.9 Å². The van der Waals surface area contributed by atoms with Gasteiger partial charge in [0.05, 0.1) is 5.52 Å². The molecule has 4 heteroatoms. The summed E-state index contributed by atoms with van der Waals surface area (Å²) in [7, 11) is 0. The highest BCUT2D eigenvalue weighted by Crippen LogP contribution is 2.30. The summed E-state index contributed by atoms with van der Waals surface area (Å²) < 4.78 is 2.21. The second-order valence-corrected chi connectivity index (χ2v) is 5.65. The van der Waals surface area contributed by atoms with E-state index < -0.39 is 0 Å². The van der Waals surface area contributed by atoms with Crippen LogP contribution in [0, 0.1) is 13.8 Å². The second kappa shape index (κ2) is 5.79. The normalized spacial score (nSPS) is 11.2. The van der Waals surface area contributed by atoms with Gasteiger partial charge in [-0.3, -0.25) is 4.79 Å². The smallest absolute Gasteiger partial charge is 0.219 e. The van der Waals surface area contributed by atoms with Crippen LogP contribution in [-0.4, -0.2) is 22.0 Å². The van der Waals surface area contributed by atoms with E-state index in [1.807, 2.05) is 19.9 Å². The monoisotopic (exact) mass is 295 g/mol. The molecule has 3 aromatic rings. The molecule has 0 aliphatic heterocycles. The van der Waals surface area contributed by atoms with Crippen LogP contribution in [0.2, 0.25) is 0 Å². The number of carbonyl (C=O) groups is 1. The van der Waals surface area contributed by atoms with E-state index in [4.69, 9.17) is 4.98 Å². The first kappa shape index (κ1) is 14.6. The Balaban J connectivity index is 2.11. The largest absolute Gasteiger partial charge is 0.354 e. The van der Waals surface area contributed by atoms with Gasteiger partial charge in [0, 0.05) is 36.0 Å². The quantitative estimate of drug-likeness (QED) is 0.802. The fourth-order valence-corrected chi connectivity index (χ4v) is 3.04. The van der Waals surface area contributed by atoms with Crippen LogP contribution in [0.5, 0.6) is 0 Å². The van der Waals surface area contributed by atoms with Gasteiger partial charge >= 0.3 is 0 Å². The van der Waals surface area contributed by atoms with Gasteiger partial charge in [-0.15, -0.1) is 0 Å². The number of nitrogens with zero attached hydrogens (tertiary/aromatic N) is 2. The van der Waals surface area contributed by atoms with E-state index in [0.29, 0.717) is 13.0 Å². The Bertz CT molecular complexity index is 848. The third-order valence-electron chi connectivity index (χ3n) is 4.02. The summed E-state index contributed by atoms with van der Waals surface area (Å²) >= 11 is 0. The Hall–Kier alpha value is -2.36. The topological polar surface area (TPSA) is 46.9 Å². The van der Waals surface area contributed by atoms with Crippen LogP contribution >= 0.6 is 0 Å². The number of aryl methyl sites for hydroxylation is 2. The van der Waals surface area contributed by atoms with E-state index in [0.717, 1.165) is 17.9 Å². The number of amides is 1. The van der Waals surface area contributed by atoms with Gasteiger partial charge in [0.2, 0.25) is 5.91 Å². The van der Waals surface area contributed by atoms with Crippen molar-refractivity contribution in [3.63, 3.8) is 0 Å². The summed E-state index contributed by atoms with van der Waals surface area (Å²) in [6, 6.07) is 10.5. The van der Waals surface area contributed by atoms with E-state index in [2.05, 4.69) is 41.1 Å². The minimum Gasteiger partial charge on any atom is -0.354 e. The molecule has 22 heavy (non-hydrogen) atoms. The molecule has 1 aromatic carbocycles. The van der Waals surface area contributed by atoms with Crippen molar-refractivity contribution < 1.29 is 4.79 Å². The molecule has 3 rings (SSSR count). The Morgan fingerprint density at radius 3 is 2.82 bits per heavy atom. The molecule has 0 saturated heterocycles. The number of fused-ring (bicyclic) bond motifs is 3. The highest BCUT2D eigenvalue weighted by Gasteiger charge is 2.13. The molecule has 4 nitrogen and oxygen atoms in total. The van der Waals surface area contributed by atoms with Crippen molar-refractivity contribution in [1.82, 2.24) is 14.9 Å². The average molecular weight is 295 g/mol. The molecule has 0 aliphatic carbocycles. The maximum Gasteiger partial charge on any atom is 0.219 e. The molecule has 114 valence electrons. The summed E-state index contributed by atoms with van der Waals surface area (Å²) in [5.74, 6) is 0.0843. The number of hydrogen-bond acceptors (Lipinski definition) is 2. The predicted octanol–water partition coefficient (Wildman–Crippen LogP) is 3.33. The number of hydrogen-bond donors (Lipinski definition) is 1. The zero-order chi connectivity index (χ0) is 15.7. The number of pyridine rings is 1. The first-order valence-corrected chi connectivity index (χ1v) is 7.73. The number of aromatic nitrogens is 2. The summed E-state index contributed by atoms with van der Waals surface area (Å²) in [5.41, 5.74) is 4.44. The SMILES string of the molecule is CCC(=O)NCCn1c2ccccc2c2c(C)cc(C)nc21. The number of carbonyl (C=O) groups excluding carboxylic acids is 1. The minimum absolute atomic E-state index is 0.0843. The van der Waals surface area contributed by atoms with Gasteiger partial charge in [-0.05, 0) is 31.5 Å². The Kier molecular flexibility index (Phi) is 3.84. The zero-order valence-electron chi connectivity index (χ0n) is 13.3. The molecule has 0 fully saturated rings. The van der Waals surface area contributed by atoms with E-state index >= 15 is 0 Å². The average Bonchev–Trinajstić information content (AvgIpc) is 2.81. The first-order valence-electron chi connectivity index (χ1n) is 7.73. The van der Waals surface area contributed by atoms with Gasteiger partial charge in [-0.25, -0.2) is 4.98 Å². The lowest BCUT2D eigenvalue weighted by Gasteiger charge is -2.08. The van der Waals surface area contributed by atoms with Crippen molar-refractivity contribution in [3.05, 3.63) is 41.6 Å². The molecular weight excluding hydrogens is 274 g/mol. The zero-order valence-corrected chi connectivity index (χ0v) is 13.3. The number of nitrogens with one attached hydrogen (secondary N) is 1. The van der Waals surface area contributed by atoms with Crippen LogP contribution in [-0.2, 0) is 11.3 Å². The Morgan fingerprint density at radius 1 is 1.27 bits per heavy atom. The molecule has 0 spiro atoms. The van der Waals surface area contributed by atoms with Crippen LogP contribution in [0.3, 0.4) is 0 Å². The van der Waals surface area contributed by atoms with Crippen molar-refractivity contribution in [2.24, 2.45) is 0 Å². The van der Waals surface area contributed by atoms with Gasteiger partial charge in [0.15, 0.2) is 0 Å². The summed E-state index contributed by atoms with van der Waals surface area (Å²) in [4.78, 5) is 16.2. The van der Waals surface area contributed by atoms with Crippen molar-refractivity contribution in [1.29, 1.82) is 0 Å². The highest BCUT2D eigenvalue weighted by atomic mass is 16.1. The van der Waals surface area contributed by atoms with Gasteiger partial charge < -0.3 is 9.88 Å². The first-order chi connectivity index (χ1) is 10.6. The maximum absolute atomic E-state index is 11.4. The van der Waals surface area contributed by atoms with Crippen LogP contribution < -0.4 is 5.32 Å². The van der Waals surface area contributed by atoms with Crippen molar-refractivity contribution in [3.8, 4) is 0 Å². The lowest BCUT2D eigenvalue weighted by molar-refractivity contribution is -0.120. The molecule has 1 amide bonds. The summed E-state index contributed by atoms with van der Waals surface area (Å²) in [6.45, 7) is 7.37. The van der Waals surface area contributed by atoms with Gasteiger partial charge in [0.1, 0.15) is 5.65 Å². The van der Waals surface area contributed by atoms with Crippen LogP contribution in [0.1, 0.15) is 24.6 Å². The van der Waals surface area contributed by atoms with Crippen molar-refractivity contribution >= 4 is 27.8 Å². The van der Waals surface area contributed by atoms with Gasteiger partial charge in [-0.1, -0.05) is 25.1 Å². The molecule has 0 radical (unpaired) electrons. The number of rotatable bonds is 4. The standard InChI is InChI=1S/C18H21N3O/c1-4-16(22)19-9-10-21-15-8-6-5-7-14(15)17-12(2)11-13(3)20-18(17)21/h5-8,11H,4,9-10H2,1-3H3,(H,19,22). The fraction of sp³-hybridized carbons (Fsp3) is 0.333. The molecule has 2 heterocycles. The molecule has 1 N–H and O–H groups in total.